The quantitative estimate of drug-likeness (QED) is 0.604. The largest absolute Gasteiger partial charge is 0.363 e. The summed E-state index contributed by atoms with van der Waals surface area (Å²) < 4.78 is 13.9. The standard InChI is InChI=1S/C18H16ClFN4O2/c19-15-2-1-3-16(20)14(15)12-22-6-8-23(9-7-22)18-10-13(11-21)4-5-17(18)24(25)26/h1-5,10H,6-9,12H2. The van der Waals surface area contributed by atoms with Crippen LogP contribution in [0.5, 0.6) is 0 Å². The lowest BCUT2D eigenvalue weighted by atomic mass is 10.1. The second-order valence-electron chi connectivity index (χ2n) is 6.04. The number of anilines is 1. The first-order valence-corrected chi connectivity index (χ1v) is 8.46. The molecule has 0 N–H and O–H groups in total. The molecule has 2 aromatic carbocycles. The van der Waals surface area contributed by atoms with Crippen LogP contribution < -0.4 is 4.90 Å². The molecule has 1 heterocycles. The van der Waals surface area contributed by atoms with Gasteiger partial charge in [0.25, 0.3) is 5.69 Å². The van der Waals surface area contributed by atoms with Crippen LogP contribution in [0.3, 0.4) is 0 Å². The normalized spacial score (nSPS) is 14.9. The van der Waals surface area contributed by atoms with Crippen LogP contribution in [0.2, 0.25) is 5.02 Å². The summed E-state index contributed by atoms with van der Waals surface area (Å²) >= 11 is 6.08. The molecule has 1 saturated heterocycles. The van der Waals surface area contributed by atoms with E-state index in [4.69, 9.17) is 16.9 Å². The number of benzene rings is 2. The van der Waals surface area contributed by atoms with Crippen molar-refractivity contribution < 1.29 is 9.31 Å². The number of nitro groups is 1. The Labute approximate surface area is 155 Å². The third kappa shape index (κ3) is 3.77. The molecular formula is C18H16ClFN4O2. The van der Waals surface area contributed by atoms with Crippen molar-refractivity contribution in [2.45, 2.75) is 6.54 Å². The van der Waals surface area contributed by atoms with Crippen LogP contribution in [-0.4, -0.2) is 36.0 Å². The Hall–Kier alpha value is -2.69. The van der Waals surface area contributed by atoms with Gasteiger partial charge in [-0.1, -0.05) is 17.7 Å². The monoisotopic (exact) mass is 374 g/mol. The number of piperazine rings is 1. The molecule has 0 bridgehead atoms. The highest BCUT2D eigenvalue weighted by Crippen LogP contribution is 2.30. The van der Waals surface area contributed by atoms with E-state index in [1.807, 2.05) is 11.0 Å². The van der Waals surface area contributed by atoms with Gasteiger partial charge in [-0.05, 0) is 24.3 Å². The van der Waals surface area contributed by atoms with E-state index in [9.17, 15) is 14.5 Å². The van der Waals surface area contributed by atoms with E-state index >= 15 is 0 Å². The van der Waals surface area contributed by atoms with Crippen LogP contribution in [0, 0.1) is 27.3 Å². The molecule has 0 radical (unpaired) electrons. The Morgan fingerprint density at radius 3 is 2.58 bits per heavy atom. The zero-order valence-corrected chi connectivity index (χ0v) is 14.6. The van der Waals surface area contributed by atoms with E-state index in [2.05, 4.69) is 4.90 Å². The molecule has 0 spiro atoms. The average Bonchev–Trinajstić information content (AvgIpc) is 2.65. The zero-order chi connectivity index (χ0) is 18.7. The molecule has 134 valence electrons. The Kier molecular flexibility index (Phi) is 5.35. The Bertz CT molecular complexity index is 856. The maximum atomic E-state index is 13.9. The van der Waals surface area contributed by atoms with Gasteiger partial charge in [-0.2, -0.15) is 5.26 Å². The fourth-order valence-corrected chi connectivity index (χ4v) is 3.28. The smallest absolute Gasteiger partial charge is 0.292 e. The first-order valence-electron chi connectivity index (χ1n) is 8.08. The molecule has 8 heteroatoms. The predicted octanol–water partition coefficient (Wildman–Crippen LogP) is 3.58. The molecule has 0 aliphatic carbocycles. The van der Waals surface area contributed by atoms with Gasteiger partial charge in [0.2, 0.25) is 0 Å². The van der Waals surface area contributed by atoms with Gasteiger partial charge in [0.1, 0.15) is 11.5 Å². The molecule has 1 aliphatic heterocycles. The fourth-order valence-electron chi connectivity index (χ4n) is 3.05. The van der Waals surface area contributed by atoms with Crippen molar-refractivity contribution in [1.29, 1.82) is 5.26 Å². The van der Waals surface area contributed by atoms with Crippen molar-refractivity contribution in [2.75, 3.05) is 31.1 Å². The number of rotatable bonds is 4. The lowest BCUT2D eigenvalue weighted by Crippen LogP contribution is -2.46. The van der Waals surface area contributed by atoms with E-state index in [-0.39, 0.29) is 11.5 Å². The van der Waals surface area contributed by atoms with Gasteiger partial charge in [0, 0.05) is 49.4 Å². The van der Waals surface area contributed by atoms with Crippen molar-refractivity contribution in [2.24, 2.45) is 0 Å². The van der Waals surface area contributed by atoms with Crippen LogP contribution in [0.15, 0.2) is 36.4 Å². The van der Waals surface area contributed by atoms with E-state index in [0.29, 0.717) is 54.6 Å². The van der Waals surface area contributed by atoms with Gasteiger partial charge in [-0.15, -0.1) is 0 Å². The Morgan fingerprint density at radius 2 is 1.96 bits per heavy atom. The second-order valence-corrected chi connectivity index (χ2v) is 6.44. The number of halogens is 2. The number of hydrogen-bond donors (Lipinski definition) is 0. The second kappa shape index (κ2) is 7.68. The highest BCUT2D eigenvalue weighted by molar-refractivity contribution is 6.31. The molecule has 2 aromatic rings. The van der Waals surface area contributed by atoms with Crippen molar-refractivity contribution in [1.82, 2.24) is 4.90 Å². The SMILES string of the molecule is N#Cc1ccc([N+](=O)[O-])c(N2CCN(Cc3c(F)cccc3Cl)CC2)c1. The topological polar surface area (TPSA) is 73.4 Å². The minimum Gasteiger partial charge on any atom is -0.363 e. The maximum Gasteiger partial charge on any atom is 0.292 e. The number of nitrogens with zero attached hydrogens (tertiary/aromatic N) is 4. The van der Waals surface area contributed by atoms with E-state index in [1.54, 1.807) is 18.2 Å². The summed E-state index contributed by atoms with van der Waals surface area (Å²) in [5.74, 6) is -0.336. The molecular weight excluding hydrogens is 359 g/mol. The van der Waals surface area contributed by atoms with Gasteiger partial charge < -0.3 is 4.90 Å². The minimum absolute atomic E-state index is 0.0189. The lowest BCUT2D eigenvalue weighted by Gasteiger charge is -2.36. The third-order valence-electron chi connectivity index (χ3n) is 4.46. The van der Waals surface area contributed by atoms with Crippen molar-refractivity contribution in [3.63, 3.8) is 0 Å². The molecule has 26 heavy (non-hydrogen) atoms. The number of nitriles is 1. The van der Waals surface area contributed by atoms with Crippen molar-refractivity contribution in [3.05, 3.63) is 68.5 Å². The predicted molar refractivity (Wildman–Crippen MR) is 96.7 cm³/mol. The van der Waals surface area contributed by atoms with Crippen LogP contribution in [-0.2, 0) is 6.54 Å². The highest BCUT2D eigenvalue weighted by atomic mass is 35.5. The Balaban J connectivity index is 1.73. The van der Waals surface area contributed by atoms with Crippen LogP contribution >= 0.6 is 11.6 Å². The summed E-state index contributed by atoms with van der Waals surface area (Å²) in [5, 5.41) is 20.7. The van der Waals surface area contributed by atoms with Gasteiger partial charge in [-0.25, -0.2) is 4.39 Å². The van der Waals surface area contributed by atoms with Gasteiger partial charge in [0.05, 0.1) is 16.6 Å². The summed E-state index contributed by atoms with van der Waals surface area (Å²) in [5.41, 5.74) is 1.26. The van der Waals surface area contributed by atoms with E-state index in [0.717, 1.165) is 0 Å². The first kappa shape index (κ1) is 18.1. The average molecular weight is 375 g/mol. The highest BCUT2D eigenvalue weighted by Gasteiger charge is 2.25. The van der Waals surface area contributed by atoms with Crippen LogP contribution in [0.25, 0.3) is 0 Å². The van der Waals surface area contributed by atoms with Gasteiger partial charge in [0.15, 0.2) is 0 Å². The lowest BCUT2D eigenvalue weighted by molar-refractivity contribution is -0.384. The number of nitro benzene ring substituents is 1. The Morgan fingerprint density at radius 1 is 1.23 bits per heavy atom. The first-order chi connectivity index (χ1) is 12.5. The molecule has 6 nitrogen and oxygen atoms in total. The molecule has 3 rings (SSSR count). The van der Waals surface area contributed by atoms with Gasteiger partial charge in [-0.3, -0.25) is 15.0 Å². The summed E-state index contributed by atoms with van der Waals surface area (Å²) in [6.07, 6.45) is 0. The van der Waals surface area contributed by atoms with E-state index in [1.165, 1.54) is 18.2 Å². The summed E-state index contributed by atoms with van der Waals surface area (Å²) in [6, 6.07) is 11.0. The molecule has 0 atom stereocenters. The summed E-state index contributed by atoms with van der Waals surface area (Å²) in [7, 11) is 0. The zero-order valence-electron chi connectivity index (χ0n) is 13.9. The van der Waals surface area contributed by atoms with Crippen molar-refractivity contribution >= 4 is 23.0 Å². The third-order valence-corrected chi connectivity index (χ3v) is 4.81. The molecule has 0 saturated carbocycles. The summed E-state index contributed by atoms with van der Waals surface area (Å²) in [6.45, 7) is 2.69. The molecule has 0 aromatic heterocycles. The molecule has 1 aliphatic rings. The number of hydrogen-bond acceptors (Lipinski definition) is 5. The van der Waals surface area contributed by atoms with Crippen molar-refractivity contribution in [3.8, 4) is 6.07 Å². The molecule has 1 fully saturated rings. The van der Waals surface area contributed by atoms with Gasteiger partial charge >= 0.3 is 0 Å². The van der Waals surface area contributed by atoms with Crippen LogP contribution in [0.4, 0.5) is 15.8 Å². The van der Waals surface area contributed by atoms with E-state index < -0.39 is 4.92 Å². The molecule has 0 amide bonds. The fraction of sp³-hybridized carbons (Fsp3) is 0.278. The van der Waals surface area contributed by atoms with Crippen LogP contribution in [0.1, 0.15) is 11.1 Å². The maximum absolute atomic E-state index is 13.9. The summed E-state index contributed by atoms with van der Waals surface area (Å²) in [4.78, 5) is 14.8. The minimum atomic E-state index is -0.442. The molecule has 0 unspecified atom stereocenters.